The Morgan fingerprint density at radius 3 is 2.59 bits per heavy atom. The fraction of sp³-hybridized carbons (Fsp3) is 0.320. The number of hydrogen-bond donors (Lipinski definition) is 0. The lowest BCUT2D eigenvalue weighted by molar-refractivity contribution is -0.134. The van der Waals surface area contributed by atoms with Crippen molar-refractivity contribution in [3.05, 3.63) is 76.1 Å². The van der Waals surface area contributed by atoms with Gasteiger partial charge in [0.25, 0.3) is 5.91 Å². The molecule has 4 rings (SSSR count). The summed E-state index contributed by atoms with van der Waals surface area (Å²) in [4.78, 5) is 26.7. The average Bonchev–Trinajstić information content (AvgIpc) is 3.11. The van der Waals surface area contributed by atoms with Gasteiger partial charge in [-0.3, -0.25) is 4.79 Å². The fourth-order valence-corrected chi connectivity index (χ4v) is 3.94. The molecule has 0 radical (unpaired) electrons. The van der Waals surface area contributed by atoms with Gasteiger partial charge < -0.3 is 19.1 Å². The van der Waals surface area contributed by atoms with Crippen LogP contribution in [0.5, 0.6) is 11.5 Å². The van der Waals surface area contributed by atoms with Crippen molar-refractivity contribution < 1.29 is 23.8 Å². The predicted octanol–water partition coefficient (Wildman–Crippen LogP) is 3.66. The van der Waals surface area contributed by atoms with Crippen molar-refractivity contribution in [3.8, 4) is 11.5 Å². The Morgan fingerprint density at radius 2 is 1.85 bits per heavy atom. The molecule has 0 spiro atoms. The zero-order valence-electron chi connectivity index (χ0n) is 19.3. The van der Waals surface area contributed by atoms with E-state index in [2.05, 4.69) is 5.10 Å². The summed E-state index contributed by atoms with van der Waals surface area (Å²) in [5, 5.41) is 4.54. The third-order valence-corrected chi connectivity index (χ3v) is 5.90. The van der Waals surface area contributed by atoms with Crippen LogP contribution in [-0.4, -0.2) is 59.5 Å². The van der Waals surface area contributed by atoms with Crippen LogP contribution in [0.3, 0.4) is 0 Å². The van der Waals surface area contributed by atoms with Crippen LogP contribution in [0.1, 0.15) is 27.2 Å². The van der Waals surface area contributed by atoms with Gasteiger partial charge in [0.1, 0.15) is 17.3 Å². The van der Waals surface area contributed by atoms with E-state index in [0.29, 0.717) is 36.9 Å². The van der Waals surface area contributed by atoms with Crippen molar-refractivity contribution in [2.45, 2.75) is 26.5 Å². The Morgan fingerprint density at radius 1 is 1.15 bits per heavy atom. The van der Waals surface area contributed by atoms with Crippen LogP contribution in [0.15, 0.2) is 48.5 Å². The molecule has 0 saturated heterocycles. The van der Waals surface area contributed by atoms with Crippen molar-refractivity contribution in [2.24, 2.45) is 0 Å². The molecule has 1 unspecified atom stereocenters. The number of rotatable bonds is 7. The SMILES string of the molecule is Cc1ccc(Cn2nc(C)c(C(=O)OCC(=O)N(C)CC3COc4ccccc4O3)c2Cl)cc1. The largest absolute Gasteiger partial charge is 0.486 e. The summed E-state index contributed by atoms with van der Waals surface area (Å²) in [7, 11) is 1.62. The topological polar surface area (TPSA) is 82.9 Å². The molecule has 0 saturated carbocycles. The Kier molecular flexibility index (Phi) is 7.07. The minimum atomic E-state index is -0.689. The quantitative estimate of drug-likeness (QED) is 0.477. The molecule has 0 bridgehead atoms. The van der Waals surface area contributed by atoms with Gasteiger partial charge in [-0.1, -0.05) is 53.6 Å². The number of likely N-dealkylation sites (N-methyl/N-ethyl adjacent to an activating group) is 1. The highest BCUT2D eigenvalue weighted by molar-refractivity contribution is 6.32. The van der Waals surface area contributed by atoms with E-state index in [4.69, 9.17) is 25.8 Å². The number of esters is 1. The molecule has 34 heavy (non-hydrogen) atoms. The van der Waals surface area contributed by atoms with Crippen LogP contribution in [0.2, 0.25) is 5.15 Å². The van der Waals surface area contributed by atoms with E-state index in [-0.39, 0.29) is 22.7 Å². The number of halogens is 1. The van der Waals surface area contributed by atoms with Crippen LogP contribution in [-0.2, 0) is 16.1 Å². The van der Waals surface area contributed by atoms with Crippen LogP contribution in [0, 0.1) is 13.8 Å². The fourth-order valence-electron chi connectivity index (χ4n) is 3.63. The van der Waals surface area contributed by atoms with E-state index in [9.17, 15) is 9.59 Å². The number of benzene rings is 2. The van der Waals surface area contributed by atoms with Crippen molar-refractivity contribution in [3.63, 3.8) is 0 Å². The number of fused-ring (bicyclic) bond motifs is 1. The minimum absolute atomic E-state index is 0.157. The third kappa shape index (κ3) is 5.34. The van der Waals surface area contributed by atoms with Crippen molar-refractivity contribution in [1.82, 2.24) is 14.7 Å². The van der Waals surface area contributed by atoms with Gasteiger partial charge in [-0.25, -0.2) is 9.48 Å². The molecule has 2 heterocycles. The smallest absolute Gasteiger partial charge is 0.343 e. The lowest BCUT2D eigenvalue weighted by Gasteiger charge is -2.29. The van der Waals surface area contributed by atoms with Crippen LogP contribution >= 0.6 is 11.6 Å². The van der Waals surface area contributed by atoms with Gasteiger partial charge >= 0.3 is 5.97 Å². The molecule has 1 aliphatic heterocycles. The molecular formula is C25H26ClN3O5. The standard InChI is InChI=1S/C25H26ClN3O5/c1-16-8-10-18(11-9-16)12-29-24(26)23(17(2)27-29)25(31)33-15-22(30)28(3)13-19-14-32-20-6-4-5-7-21(20)34-19/h4-11,19H,12-15H2,1-3H3. The molecule has 9 heteroatoms. The van der Waals surface area contributed by atoms with Gasteiger partial charge in [0.05, 0.1) is 18.8 Å². The van der Waals surface area contributed by atoms with E-state index in [1.807, 2.05) is 55.5 Å². The van der Waals surface area contributed by atoms with E-state index < -0.39 is 12.6 Å². The number of ether oxygens (including phenoxy) is 3. The first-order valence-electron chi connectivity index (χ1n) is 10.9. The number of amides is 1. The predicted molar refractivity (Wildman–Crippen MR) is 127 cm³/mol. The molecule has 1 atom stereocenters. The number of para-hydroxylation sites is 2. The Hall–Kier alpha value is -3.52. The molecular weight excluding hydrogens is 458 g/mol. The van der Waals surface area contributed by atoms with Gasteiger partial charge in [-0.2, -0.15) is 5.10 Å². The second-order valence-corrected chi connectivity index (χ2v) is 8.60. The van der Waals surface area contributed by atoms with Crippen LogP contribution in [0.4, 0.5) is 0 Å². The number of carbonyl (C=O) groups excluding carboxylic acids is 2. The Labute approximate surface area is 203 Å². The van der Waals surface area contributed by atoms with Crippen molar-refractivity contribution in [1.29, 1.82) is 0 Å². The zero-order chi connectivity index (χ0) is 24.2. The molecule has 0 fully saturated rings. The number of aromatic nitrogens is 2. The van der Waals surface area contributed by atoms with Gasteiger partial charge in [0.15, 0.2) is 24.2 Å². The summed E-state index contributed by atoms with van der Waals surface area (Å²) in [5.41, 5.74) is 2.75. The first-order chi connectivity index (χ1) is 16.3. The lowest BCUT2D eigenvalue weighted by atomic mass is 10.1. The molecule has 1 aliphatic rings. The Bertz CT molecular complexity index is 1190. The highest BCUT2D eigenvalue weighted by Gasteiger charge is 2.26. The first kappa shape index (κ1) is 23.6. The highest BCUT2D eigenvalue weighted by Crippen LogP contribution is 2.31. The molecule has 2 aromatic carbocycles. The molecule has 8 nitrogen and oxygen atoms in total. The van der Waals surface area contributed by atoms with E-state index >= 15 is 0 Å². The van der Waals surface area contributed by atoms with Crippen LogP contribution in [0.25, 0.3) is 0 Å². The second kappa shape index (κ2) is 10.2. The first-order valence-corrected chi connectivity index (χ1v) is 11.3. The maximum Gasteiger partial charge on any atom is 0.343 e. The monoisotopic (exact) mass is 483 g/mol. The molecule has 1 aromatic heterocycles. The maximum absolute atomic E-state index is 12.7. The van der Waals surface area contributed by atoms with Gasteiger partial charge in [-0.15, -0.1) is 0 Å². The number of aryl methyl sites for hydroxylation is 2. The van der Waals surface area contributed by atoms with E-state index in [1.54, 1.807) is 18.7 Å². The highest BCUT2D eigenvalue weighted by atomic mass is 35.5. The van der Waals surface area contributed by atoms with Crippen molar-refractivity contribution in [2.75, 3.05) is 26.8 Å². The van der Waals surface area contributed by atoms with Crippen LogP contribution < -0.4 is 9.47 Å². The zero-order valence-corrected chi connectivity index (χ0v) is 20.0. The average molecular weight is 484 g/mol. The summed E-state index contributed by atoms with van der Waals surface area (Å²) in [6.07, 6.45) is -0.323. The number of hydrogen-bond acceptors (Lipinski definition) is 6. The van der Waals surface area contributed by atoms with E-state index in [1.165, 1.54) is 4.90 Å². The second-order valence-electron chi connectivity index (χ2n) is 8.24. The number of carbonyl (C=O) groups is 2. The van der Waals surface area contributed by atoms with E-state index in [0.717, 1.165) is 11.1 Å². The summed E-state index contributed by atoms with van der Waals surface area (Å²) >= 11 is 6.43. The van der Waals surface area contributed by atoms with Gasteiger partial charge in [0, 0.05) is 7.05 Å². The number of nitrogens with zero attached hydrogens (tertiary/aromatic N) is 3. The third-order valence-electron chi connectivity index (χ3n) is 5.52. The Balaban J connectivity index is 1.32. The molecule has 0 N–H and O–H groups in total. The van der Waals surface area contributed by atoms with Gasteiger partial charge in [-0.05, 0) is 31.5 Å². The maximum atomic E-state index is 12.7. The summed E-state index contributed by atoms with van der Waals surface area (Å²) < 4.78 is 18.4. The lowest BCUT2D eigenvalue weighted by Crippen LogP contribution is -2.43. The molecule has 0 aliphatic carbocycles. The molecule has 1 amide bonds. The summed E-state index contributed by atoms with van der Waals surface area (Å²) in [5.74, 6) is 0.262. The molecule has 178 valence electrons. The minimum Gasteiger partial charge on any atom is -0.486 e. The van der Waals surface area contributed by atoms with Gasteiger partial charge in [0.2, 0.25) is 0 Å². The summed E-state index contributed by atoms with van der Waals surface area (Å²) in [6.45, 7) is 4.30. The molecule has 3 aromatic rings. The van der Waals surface area contributed by atoms with Crippen molar-refractivity contribution >= 4 is 23.5 Å². The normalized spacial score (nSPS) is 14.5. The summed E-state index contributed by atoms with van der Waals surface area (Å²) in [6, 6.07) is 15.3.